The average molecular weight is 305 g/mol. The van der Waals surface area contributed by atoms with Gasteiger partial charge in [-0.2, -0.15) is 0 Å². The van der Waals surface area contributed by atoms with Crippen LogP contribution in [0.1, 0.15) is 45.1 Å². The van der Waals surface area contributed by atoms with Crippen molar-refractivity contribution in [1.29, 1.82) is 0 Å². The minimum atomic E-state index is -0.0654. The third kappa shape index (κ3) is 6.66. The number of ether oxygens (including phenoxy) is 2. The van der Waals surface area contributed by atoms with Crippen LogP contribution in [0.3, 0.4) is 0 Å². The molecule has 0 atom stereocenters. The van der Waals surface area contributed by atoms with E-state index in [4.69, 9.17) is 9.47 Å². The number of amides is 1. The summed E-state index contributed by atoms with van der Waals surface area (Å²) >= 11 is 0. The van der Waals surface area contributed by atoms with E-state index in [-0.39, 0.29) is 5.91 Å². The quantitative estimate of drug-likeness (QED) is 0.528. The van der Waals surface area contributed by atoms with E-state index < -0.39 is 0 Å². The standard InChI is InChI=1S/C18H27NO3/c1-4-6-7-8-13-19-18(20)12-10-15-9-11-16(22-5-2)17(14-15)21-3/h9-12,14H,4-8,13H2,1-3H3,(H,19,20)/b12-10+. The lowest BCUT2D eigenvalue weighted by atomic mass is 10.2. The topological polar surface area (TPSA) is 47.6 Å². The average Bonchev–Trinajstić information content (AvgIpc) is 2.54. The van der Waals surface area contributed by atoms with Crippen LogP contribution in [0.2, 0.25) is 0 Å². The lowest BCUT2D eigenvalue weighted by Gasteiger charge is -2.09. The molecule has 0 aliphatic heterocycles. The summed E-state index contributed by atoms with van der Waals surface area (Å²) in [5.74, 6) is 1.32. The normalized spacial score (nSPS) is 10.7. The lowest BCUT2D eigenvalue weighted by molar-refractivity contribution is -0.116. The highest BCUT2D eigenvalue weighted by atomic mass is 16.5. The van der Waals surface area contributed by atoms with Gasteiger partial charge in [0.05, 0.1) is 13.7 Å². The molecule has 0 spiro atoms. The van der Waals surface area contributed by atoms with Crippen molar-refractivity contribution in [1.82, 2.24) is 5.32 Å². The molecule has 0 aromatic heterocycles. The second-order valence-electron chi connectivity index (χ2n) is 5.03. The van der Waals surface area contributed by atoms with Crippen LogP contribution in [0.15, 0.2) is 24.3 Å². The van der Waals surface area contributed by atoms with Crippen LogP contribution in [0.4, 0.5) is 0 Å². The maximum absolute atomic E-state index is 11.7. The fourth-order valence-corrected chi connectivity index (χ4v) is 2.06. The number of hydrogen-bond acceptors (Lipinski definition) is 3. The highest BCUT2D eigenvalue weighted by Gasteiger charge is 2.04. The highest BCUT2D eigenvalue weighted by Crippen LogP contribution is 2.28. The molecule has 0 radical (unpaired) electrons. The molecule has 1 rings (SSSR count). The Balaban J connectivity index is 2.49. The van der Waals surface area contributed by atoms with Crippen LogP contribution < -0.4 is 14.8 Å². The zero-order valence-corrected chi connectivity index (χ0v) is 13.9. The van der Waals surface area contributed by atoms with Gasteiger partial charge in [0, 0.05) is 12.6 Å². The smallest absolute Gasteiger partial charge is 0.243 e. The Labute approximate surface area is 133 Å². The molecule has 4 heteroatoms. The van der Waals surface area contributed by atoms with Crippen molar-refractivity contribution in [3.8, 4) is 11.5 Å². The molecule has 22 heavy (non-hydrogen) atoms. The Morgan fingerprint density at radius 2 is 2.00 bits per heavy atom. The van der Waals surface area contributed by atoms with E-state index in [1.807, 2.05) is 25.1 Å². The maximum atomic E-state index is 11.7. The predicted molar refractivity (Wildman–Crippen MR) is 90.3 cm³/mol. The number of rotatable bonds is 10. The molecule has 1 N–H and O–H groups in total. The summed E-state index contributed by atoms with van der Waals surface area (Å²) in [6, 6.07) is 5.61. The van der Waals surface area contributed by atoms with E-state index in [0.29, 0.717) is 18.1 Å². The van der Waals surface area contributed by atoms with E-state index in [9.17, 15) is 4.79 Å². The number of hydrogen-bond donors (Lipinski definition) is 1. The molecule has 0 fully saturated rings. The van der Waals surface area contributed by atoms with E-state index >= 15 is 0 Å². The third-order valence-electron chi connectivity index (χ3n) is 3.24. The number of carbonyl (C=O) groups excluding carboxylic acids is 1. The SMILES string of the molecule is CCCCCCNC(=O)/C=C/c1ccc(OCC)c(OC)c1. The molecule has 1 aromatic rings. The second kappa shape index (κ2) is 10.7. The number of benzene rings is 1. The van der Waals surface area contributed by atoms with Crippen LogP contribution in [0.5, 0.6) is 11.5 Å². The van der Waals surface area contributed by atoms with Crippen molar-refractivity contribution < 1.29 is 14.3 Å². The summed E-state index contributed by atoms with van der Waals surface area (Å²) in [5, 5.41) is 2.89. The van der Waals surface area contributed by atoms with Crippen LogP contribution in [0.25, 0.3) is 6.08 Å². The van der Waals surface area contributed by atoms with Crippen molar-refractivity contribution in [3.05, 3.63) is 29.8 Å². The van der Waals surface area contributed by atoms with Crippen LogP contribution in [0, 0.1) is 0 Å². The van der Waals surface area contributed by atoms with Gasteiger partial charge in [0.1, 0.15) is 0 Å². The Bertz CT molecular complexity index is 483. The number of unbranched alkanes of at least 4 members (excludes halogenated alkanes) is 3. The maximum Gasteiger partial charge on any atom is 0.243 e. The van der Waals surface area contributed by atoms with E-state index in [1.54, 1.807) is 19.3 Å². The second-order valence-corrected chi connectivity index (χ2v) is 5.03. The first-order chi connectivity index (χ1) is 10.7. The van der Waals surface area contributed by atoms with Crippen molar-refractivity contribution in [2.75, 3.05) is 20.3 Å². The van der Waals surface area contributed by atoms with Crippen LogP contribution in [-0.4, -0.2) is 26.2 Å². The molecule has 0 aliphatic carbocycles. The van der Waals surface area contributed by atoms with E-state index in [2.05, 4.69) is 12.2 Å². The third-order valence-corrected chi connectivity index (χ3v) is 3.24. The molecule has 1 amide bonds. The predicted octanol–water partition coefficient (Wildman–Crippen LogP) is 3.80. The van der Waals surface area contributed by atoms with Gasteiger partial charge in [0.15, 0.2) is 11.5 Å². The van der Waals surface area contributed by atoms with Crippen LogP contribution >= 0.6 is 0 Å². The summed E-state index contributed by atoms with van der Waals surface area (Å²) in [7, 11) is 1.61. The Hall–Kier alpha value is -1.97. The monoisotopic (exact) mass is 305 g/mol. The molecule has 0 unspecified atom stereocenters. The van der Waals surface area contributed by atoms with Crippen molar-refractivity contribution >= 4 is 12.0 Å². The molecule has 0 saturated heterocycles. The molecule has 4 nitrogen and oxygen atoms in total. The fourth-order valence-electron chi connectivity index (χ4n) is 2.06. The summed E-state index contributed by atoms with van der Waals surface area (Å²) in [6.07, 6.45) is 7.94. The van der Waals surface area contributed by atoms with E-state index in [0.717, 1.165) is 24.9 Å². The minimum absolute atomic E-state index is 0.0654. The van der Waals surface area contributed by atoms with Gasteiger partial charge in [0.25, 0.3) is 0 Å². The van der Waals surface area contributed by atoms with Gasteiger partial charge in [-0.05, 0) is 37.1 Å². The number of methoxy groups -OCH3 is 1. The van der Waals surface area contributed by atoms with Gasteiger partial charge in [-0.3, -0.25) is 4.79 Å². The summed E-state index contributed by atoms with van der Waals surface area (Å²) in [4.78, 5) is 11.7. The first-order valence-electron chi connectivity index (χ1n) is 7.98. The zero-order valence-electron chi connectivity index (χ0n) is 13.9. The lowest BCUT2D eigenvalue weighted by Crippen LogP contribution is -2.21. The molecule has 0 bridgehead atoms. The molecule has 122 valence electrons. The van der Waals surface area contributed by atoms with Gasteiger partial charge >= 0.3 is 0 Å². The van der Waals surface area contributed by atoms with Gasteiger partial charge < -0.3 is 14.8 Å². The Kier molecular flexibility index (Phi) is 8.80. The molecule has 1 aromatic carbocycles. The van der Waals surface area contributed by atoms with Crippen LogP contribution in [-0.2, 0) is 4.79 Å². The van der Waals surface area contributed by atoms with E-state index in [1.165, 1.54) is 12.8 Å². The molecular formula is C18H27NO3. The number of carbonyl (C=O) groups is 1. The number of nitrogens with one attached hydrogen (secondary N) is 1. The molecule has 0 heterocycles. The van der Waals surface area contributed by atoms with Gasteiger partial charge in [0.2, 0.25) is 5.91 Å². The molecule has 0 saturated carbocycles. The first-order valence-corrected chi connectivity index (χ1v) is 7.98. The van der Waals surface area contributed by atoms with Crippen molar-refractivity contribution in [2.45, 2.75) is 39.5 Å². The van der Waals surface area contributed by atoms with Gasteiger partial charge in [-0.1, -0.05) is 32.3 Å². The largest absolute Gasteiger partial charge is 0.493 e. The highest BCUT2D eigenvalue weighted by molar-refractivity contribution is 5.91. The van der Waals surface area contributed by atoms with Gasteiger partial charge in [-0.15, -0.1) is 0 Å². The fraction of sp³-hybridized carbons (Fsp3) is 0.500. The summed E-state index contributed by atoms with van der Waals surface area (Å²) in [6.45, 7) is 5.42. The zero-order chi connectivity index (χ0) is 16.2. The summed E-state index contributed by atoms with van der Waals surface area (Å²) < 4.78 is 10.8. The first kappa shape index (κ1) is 18.1. The Morgan fingerprint density at radius 3 is 2.68 bits per heavy atom. The summed E-state index contributed by atoms with van der Waals surface area (Å²) in [5.41, 5.74) is 0.904. The van der Waals surface area contributed by atoms with Crippen molar-refractivity contribution in [3.63, 3.8) is 0 Å². The Morgan fingerprint density at radius 1 is 1.18 bits per heavy atom. The molecule has 0 aliphatic rings. The van der Waals surface area contributed by atoms with Gasteiger partial charge in [-0.25, -0.2) is 0 Å². The minimum Gasteiger partial charge on any atom is -0.493 e. The van der Waals surface area contributed by atoms with Crippen molar-refractivity contribution in [2.24, 2.45) is 0 Å². The molecular weight excluding hydrogens is 278 g/mol.